The first-order chi connectivity index (χ1) is 6.22. The van der Waals surface area contributed by atoms with Crippen LogP contribution in [0.1, 0.15) is 12.8 Å². The van der Waals surface area contributed by atoms with Gasteiger partial charge in [-0.2, -0.15) is 0 Å². The first-order valence-electron chi connectivity index (χ1n) is 4.89. The van der Waals surface area contributed by atoms with Crippen molar-refractivity contribution in [2.45, 2.75) is 18.9 Å². The lowest BCUT2D eigenvalue weighted by Gasteiger charge is -2.21. The molecule has 0 aromatic carbocycles. The summed E-state index contributed by atoms with van der Waals surface area (Å²) in [4.78, 5) is 13.2. The molecular formula is C9H16N2O2. The summed E-state index contributed by atoms with van der Waals surface area (Å²) in [5, 5.41) is 9.45. The summed E-state index contributed by atoms with van der Waals surface area (Å²) in [7, 11) is 0. The standard InChI is InChI=1S/C9H16N2O2/c10-2-1-7(12)5-11-4-6-3-8(6)9(11)13/h6-8,12H,1-5,10H2. The van der Waals surface area contributed by atoms with E-state index in [1.54, 1.807) is 4.90 Å². The molecule has 13 heavy (non-hydrogen) atoms. The van der Waals surface area contributed by atoms with Gasteiger partial charge in [-0.15, -0.1) is 0 Å². The Kier molecular flexibility index (Phi) is 2.26. The van der Waals surface area contributed by atoms with E-state index in [1.807, 2.05) is 0 Å². The summed E-state index contributed by atoms with van der Waals surface area (Å²) >= 11 is 0. The van der Waals surface area contributed by atoms with Crippen LogP contribution in [0.5, 0.6) is 0 Å². The Hall–Kier alpha value is -0.610. The van der Waals surface area contributed by atoms with Gasteiger partial charge in [0.1, 0.15) is 0 Å². The Labute approximate surface area is 77.7 Å². The van der Waals surface area contributed by atoms with Crippen LogP contribution in [0, 0.1) is 11.8 Å². The molecule has 4 nitrogen and oxygen atoms in total. The number of likely N-dealkylation sites (tertiary alicyclic amines) is 1. The van der Waals surface area contributed by atoms with Gasteiger partial charge in [0.2, 0.25) is 5.91 Å². The van der Waals surface area contributed by atoms with E-state index >= 15 is 0 Å². The van der Waals surface area contributed by atoms with Crippen LogP contribution in [0.4, 0.5) is 0 Å². The molecule has 0 spiro atoms. The van der Waals surface area contributed by atoms with Gasteiger partial charge in [0.15, 0.2) is 0 Å². The summed E-state index contributed by atoms with van der Waals surface area (Å²) in [6, 6.07) is 0. The van der Waals surface area contributed by atoms with Gasteiger partial charge in [0.25, 0.3) is 0 Å². The smallest absolute Gasteiger partial charge is 0.226 e. The quantitative estimate of drug-likeness (QED) is 0.599. The van der Waals surface area contributed by atoms with Crippen LogP contribution in [-0.4, -0.2) is 41.7 Å². The Morgan fingerprint density at radius 3 is 3.00 bits per heavy atom. The predicted molar refractivity (Wildman–Crippen MR) is 47.9 cm³/mol. The minimum absolute atomic E-state index is 0.237. The number of carbonyl (C=O) groups excluding carboxylic acids is 1. The van der Waals surface area contributed by atoms with Crippen molar-refractivity contribution in [1.82, 2.24) is 4.90 Å². The third-order valence-electron chi connectivity index (χ3n) is 2.94. The van der Waals surface area contributed by atoms with Gasteiger partial charge in [-0.3, -0.25) is 4.79 Å². The molecule has 1 saturated carbocycles. The lowest BCUT2D eigenvalue weighted by Crippen LogP contribution is -2.36. The number of aliphatic hydroxyl groups excluding tert-OH is 1. The van der Waals surface area contributed by atoms with Crippen molar-refractivity contribution in [3.63, 3.8) is 0 Å². The summed E-state index contributed by atoms with van der Waals surface area (Å²) < 4.78 is 0. The van der Waals surface area contributed by atoms with Gasteiger partial charge in [0.05, 0.1) is 6.10 Å². The van der Waals surface area contributed by atoms with Crippen LogP contribution in [0.25, 0.3) is 0 Å². The molecule has 2 aliphatic rings. The number of nitrogens with two attached hydrogens (primary N) is 1. The van der Waals surface area contributed by atoms with Crippen LogP contribution >= 0.6 is 0 Å². The molecule has 1 saturated heterocycles. The zero-order chi connectivity index (χ0) is 9.42. The molecule has 2 fully saturated rings. The zero-order valence-electron chi connectivity index (χ0n) is 7.65. The maximum Gasteiger partial charge on any atom is 0.226 e. The number of nitrogens with zero attached hydrogens (tertiary/aromatic N) is 1. The SMILES string of the molecule is NCCC(O)CN1CC2CC2C1=O. The fourth-order valence-electron chi connectivity index (χ4n) is 2.06. The molecule has 1 aliphatic heterocycles. The summed E-state index contributed by atoms with van der Waals surface area (Å²) in [6.07, 6.45) is 1.22. The van der Waals surface area contributed by atoms with Crippen molar-refractivity contribution < 1.29 is 9.90 Å². The van der Waals surface area contributed by atoms with E-state index in [2.05, 4.69) is 0 Å². The normalized spacial score (nSPS) is 33.4. The van der Waals surface area contributed by atoms with Crippen molar-refractivity contribution in [2.24, 2.45) is 17.6 Å². The highest BCUT2D eigenvalue weighted by Gasteiger charge is 2.52. The zero-order valence-corrected chi connectivity index (χ0v) is 7.65. The number of carbonyl (C=O) groups is 1. The van der Waals surface area contributed by atoms with E-state index in [0.717, 1.165) is 13.0 Å². The number of hydrogen-bond donors (Lipinski definition) is 2. The number of rotatable bonds is 4. The highest BCUT2D eigenvalue weighted by Crippen LogP contribution is 2.45. The molecule has 1 heterocycles. The third kappa shape index (κ3) is 1.69. The van der Waals surface area contributed by atoms with Crippen molar-refractivity contribution >= 4 is 5.91 Å². The first-order valence-corrected chi connectivity index (χ1v) is 4.89. The van der Waals surface area contributed by atoms with Gasteiger partial charge in [0, 0.05) is 19.0 Å². The highest BCUT2D eigenvalue weighted by molar-refractivity contribution is 5.84. The van der Waals surface area contributed by atoms with E-state index in [-0.39, 0.29) is 5.91 Å². The molecule has 0 aromatic heterocycles. The van der Waals surface area contributed by atoms with Gasteiger partial charge in [-0.05, 0) is 25.3 Å². The number of hydrogen-bond acceptors (Lipinski definition) is 3. The van der Waals surface area contributed by atoms with E-state index in [9.17, 15) is 9.90 Å². The molecule has 74 valence electrons. The summed E-state index contributed by atoms with van der Waals surface area (Å²) in [5.74, 6) is 1.13. The molecular weight excluding hydrogens is 168 g/mol. The molecule has 1 amide bonds. The molecule has 4 heteroatoms. The van der Waals surface area contributed by atoms with Crippen molar-refractivity contribution in [3.8, 4) is 0 Å². The Morgan fingerprint density at radius 2 is 2.46 bits per heavy atom. The van der Waals surface area contributed by atoms with Crippen molar-refractivity contribution in [1.29, 1.82) is 0 Å². The fourth-order valence-corrected chi connectivity index (χ4v) is 2.06. The van der Waals surface area contributed by atoms with Crippen LogP contribution in [0.2, 0.25) is 0 Å². The second-order valence-corrected chi connectivity index (χ2v) is 4.08. The molecule has 3 unspecified atom stereocenters. The van der Waals surface area contributed by atoms with Crippen LogP contribution in [0.15, 0.2) is 0 Å². The Balaban J connectivity index is 1.79. The van der Waals surface area contributed by atoms with E-state index in [4.69, 9.17) is 5.73 Å². The second kappa shape index (κ2) is 3.27. The van der Waals surface area contributed by atoms with Gasteiger partial charge in [-0.25, -0.2) is 0 Å². The molecule has 2 rings (SSSR count). The average molecular weight is 184 g/mol. The van der Waals surface area contributed by atoms with Crippen LogP contribution in [-0.2, 0) is 4.79 Å². The molecule has 0 bridgehead atoms. The van der Waals surface area contributed by atoms with Gasteiger partial charge < -0.3 is 15.7 Å². The molecule has 0 radical (unpaired) electrons. The van der Waals surface area contributed by atoms with Crippen LogP contribution in [0.3, 0.4) is 0 Å². The Bertz CT molecular complexity index is 220. The second-order valence-electron chi connectivity index (χ2n) is 4.08. The third-order valence-corrected chi connectivity index (χ3v) is 2.94. The monoisotopic (exact) mass is 184 g/mol. The number of piperidine rings is 1. The fraction of sp³-hybridized carbons (Fsp3) is 0.889. The molecule has 1 aliphatic carbocycles. The van der Waals surface area contributed by atoms with Crippen molar-refractivity contribution in [3.05, 3.63) is 0 Å². The number of aliphatic hydroxyl groups is 1. The minimum Gasteiger partial charge on any atom is -0.391 e. The van der Waals surface area contributed by atoms with E-state index < -0.39 is 6.10 Å². The number of amides is 1. The average Bonchev–Trinajstić information content (AvgIpc) is 2.76. The minimum atomic E-state index is -0.438. The van der Waals surface area contributed by atoms with E-state index in [0.29, 0.717) is 31.3 Å². The number of β-amino-alcohol motifs (C(OH)–C–C–N with tert-alkyl or cyclic N) is 1. The maximum atomic E-state index is 11.5. The molecule has 3 N–H and O–H groups in total. The van der Waals surface area contributed by atoms with Gasteiger partial charge in [-0.1, -0.05) is 0 Å². The summed E-state index contributed by atoms with van der Waals surface area (Å²) in [5.41, 5.74) is 5.31. The summed E-state index contributed by atoms with van der Waals surface area (Å²) in [6.45, 7) is 1.81. The molecule has 0 aromatic rings. The lowest BCUT2D eigenvalue weighted by atomic mass is 10.2. The topological polar surface area (TPSA) is 66.6 Å². The van der Waals surface area contributed by atoms with Crippen LogP contribution < -0.4 is 5.73 Å². The maximum absolute atomic E-state index is 11.5. The van der Waals surface area contributed by atoms with Crippen molar-refractivity contribution in [2.75, 3.05) is 19.6 Å². The van der Waals surface area contributed by atoms with Gasteiger partial charge >= 0.3 is 0 Å². The lowest BCUT2D eigenvalue weighted by molar-refractivity contribution is -0.131. The first kappa shape index (κ1) is 8.97. The largest absolute Gasteiger partial charge is 0.391 e. The highest BCUT2D eigenvalue weighted by atomic mass is 16.3. The number of fused-ring (bicyclic) bond motifs is 1. The molecule has 3 atom stereocenters. The Morgan fingerprint density at radius 1 is 1.69 bits per heavy atom. The van der Waals surface area contributed by atoms with E-state index in [1.165, 1.54) is 0 Å². The predicted octanol–water partition coefficient (Wildman–Crippen LogP) is -0.826.